The van der Waals surface area contributed by atoms with E-state index in [0.29, 0.717) is 0 Å². The van der Waals surface area contributed by atoms with Crippen molar-refractivity contribution in [1.82, 2.24) is 15.2 Å². The quantitative estimate of drug-likeness (QED) is 0.588. The van der Waals surface area contributed by atoms with E-state index in [9.17, 15) is 0 Å². The summed E-state index contributed by atoms with van der Waals surface area (Å²) in [5, 5.41) is 10.3. The zero-order chi connectivity index (χ0) is 16.5. The predicted molar refractivity (Wildman–Crippen MR) is 101 cm³/mol. The Balaban J connectivity index is 1.32. The Labute approximate surface area is 146 Å². The fourth-order valence-electron chi connectivity index (χ4n) is 3.53. The first-order valence-electron chi connectivity index (χ1n) is 9.71. The van der Waals surface area contributed by atoms with E-state index < -0.39 is 0 Å². The number of nitrogens with one attached hydrogen (secondary N) is 1. The molecule has 0 radical (unpaired) electrons. The highest BCUT2D eigenvalue weighted by molar-refractivity contribution is 5.79. The van der Waals surface area contributed by atoms with Crippen LogP contribution in [0.2, 0.25) is 0 Å². The van der Waals surface area contributed by atoms with E-state index in [1.54, 1.807) is 0 Å². The highest BCUT2D eigenvalue weighted by Crippen LogP contribution is 2.09. The molecule has 2 aliphatic heterocycles. The lowest BCUT2D eigenvalue weighted by Gasteiger charge is -2.23. The Hall–Kier alpha value is -1.39. The van der Waals surface area contributed by atoms with Crippen molar-refractivity contribution in [3.8, 4) is 0 Å². The molecule has 0 spiro atoms. The second-order valence-corrected chi connectivity index (χ2v) is 7.08. The van der Waals surface area contributed by atoms with Crippen LogP contribution in [0.4, 0.5) is 0 Å². The zero-order valence-corrected chi connectivity index (χ0v) is 14.9. The average Bonchev–Trinajstić information content (AvgIpc) is 3.15. The Bertz CT molecular complexity index is 485. The number of hydrazone groups is 1. The van der Waals surface area contributed by atoms with Crippen LogP contribution < -0.4 is 5.32 Å². The summed E-state index contributed by atoms with van der Waals surface area (Å²) in [6.07, 6.45) is 9.94. The number of benzene rings is 1. The molecule has 24 heavy (non-hydrogen) atoms. The number of piperidine rings is 1. The molecule has 132 valence electrons. The lowest BCUT2D eigenvalue weighted by atomic mass is 10.1. The number of nitrogens with zero attached hydrogens (tertiary/aromatic N) is 3. The topological polar surface area (TPSA) is 30.9 Å². The molecule has 0 amide bonds. The van der Waals surface area contributed by atoms with Gasteiger partial charge in [0.1, 0.15) is 0 Å². The maximum absolute atomic E-state index is 4.60. The minimum Gasteiger partial charge on any atom is -0.313 e. The second-order valence-electron chi connectivity index (χ2n) is 7.08. The Morgan fingerprint density at radius 1 is 0.917 bits per heavy atom. The smallest absolute Gasteiger partial charge is 0.0542 e. The van der Waals surface area contributed by atoms with E-state index in [0.717, 1.165) is 26.2 Å². The van der Waals surface area contributed by atoms with Gasteiger partial charge in [-0.15, -0.1) is 0 Å². The van der Waals surface area contributed by atoms with Gasteiger partial charge in [-0.3, -0.25) is 5.01 Å². The van der Waals surface area contributed by atoms with Gasteiger partial charge in [0, 0.05) is 19.6 Å². The van der Waals surface area contributed by atoms with E-state index in [-0.39, 0.29) is 0 Å². The van der Waals surface area contributed by atoms with Crippen LogP contribution >= 0.6 is 0 Å². The van der Waals surface area contributed by atoms with Gasteiger partial charge in [0.15, 0.2) is 0 Å². The van der Waals surface area contributed by atoms with Gasteiger partial charge in [0.2, 0.25) is 0 Å². The van der Waals surface area contributed by atoms with Crippen LogP contribution in [-0.2, 0) is 6.54 Å². The zero-order valence-electron chi connectivity index (χ0n) is 14.9. The summed E-state index contributed by atoms with van der Waals surface area (Å²) >= 11 is 0. The van der Waals surface area contributed by atoms with Crippen molar-refractivity contribution in [2.45, 2.75) is 45.1 Å². The van der Waals surface area contributed by atoms with Crippen LogP contribution in [0.1, 0.15) is 49.7 Å². The summed E-state index contributed by atoms with van der Waals surface area (Å²) in [5.41, 5.74) is 2.55. The number of hydrogen-bond acceptors (Lipinski definition) is 4. The first-order chi connectivity index (χ1) is 11.9. The van der Waals surface area contributed by atoms with Crippen LogP contribution in [0, 0.1) is 0 Å². The molecule has 4 heteroatoms. The summed E-state index contributed by atoms with van der Waals surface area (Å²) in [6, 6.07) is 8.78. The van der Waals surface area contributed by atoms with Crippen molar-refractivity contribution in [3.63, 3.8) is 0 Å². The minimum atomic E-state index is 0.962. The molecule has 0 bridgehead atoms. The number of rotatable bonds is 8. The fraction of sp³-hybridized carbons (Fsp3) is 0.650. The minimum absolute atomic E-state index is 0.962. The molecule has 0 saturated carbocycles. The lowest BCUT2D eigenvalue weighted by Crippen LogP contribution is -2.24. The molecule has 0 atom stereocenters. The molecule has 1 aromatic carbocycles. The second kappa shape index (κ2) is 9.80. The van der Waals surface area contributed by atoms with Crippen molar-refractivity contribution < 1.29 is 0 Å². The molecule has 2 fully saturated rings. The largest absolute Gasteiger partial charge is 0.313 e. The van der Waals surface area contributed by atoms with Crippen molar-refractivity contribution in [3.05, 3.63) is 35.4 Å². The molecule has 1 N–H and O–H groups in total. The molecule has 4 nitrogen and oxygen atoms in total. The van der Waals surface area contributed by atoms with Crippen molar-refractivity contribution in [2.75, 3.05) is 39.3 Å². The maximum atomic E-state index is 4.60. The monoisotopic (exact) mass is 328 g/mol. The summed E-state index contributed by atoms with van der Waals surface area (Å²) < 4.78 is 0. The van der Waals surface area contributed by atoms with Gasteiger partial charge in [0.05, 0.1) is 6.21 Å². The summed E-state index contributed by atoms with van der Waals surface area (Å²) in [6.45, 7) is 8.14. The SMILES string of the molecule is C(=N\N1CCCCC1)/c1ccc(CNCCCN2CCCC2)cc1. The van der Waals surface area contributed by atoms with Crippen molar-refractivity contribution >= 4 is 6.21 Å². The molecule has 0 aromatic heterocycles. The van der Waals surface area contributed by atoms with E-state index in [4.69, 9.17) is 0 Å². The van der Waals surface area contributed by atoms with E-state index in [1.165, 1.54) is 69.3 Å². The lowest BCUT2D eigenvalue weighted by molar-refractivity contribution is 0.240. The van der Waals surface area contributed by atoms with Crippen molar-refractivity contribution in [1.29, 1.82) is 0 Å². The molecule has 0 aliphatic carbocycles. The Kier molecular flexibility index (Phi) is 7.12. The normalized spacial score (nSPS) is 19.4. The average molecular weight is 329 g/mol. The van der Waals surface area contributed by atoms with Gasteiger partial charge >= 0.3 is 0 Å². The highest BCUT2D eigenvalue weighted by Gasteiger charge is 2.10. The number of likely N-dealkylation sites (tertiary alicyclic amines) is 1. The first-order valence-corrected chi connectivity index (χ1v) is 9.71. The maximum Gasteiger partial charge on any atom is 0.0542 e. The summed E-state index contributed by atoms with van der Waals surface area (Å²) in [7, 11) is 0. The molecule has 2 heterocycles. The molecule has 3 rings (SSSR count). The van der Waals surface area contributed by atoms with Gasteiger partial charge in [-0.05, 0) is 75.8 Å². The Morgan fingerprint density at radius 3 is 2.38 bits per heavy atom. The van der Waals surface area contributed by atoms with Gasteiger partial charge in [-0.1, -0.05) is 24.3 Å². The van der Waals surface area contributed by atoms with Crippen LogP contribution in [-0.4, -0.2) is 55.4 Å². The first kappa shape index (κ1) is 17.4. The third-order valence-electron chi connectivity index (χ3n) is 5.04. The third kappa shape index (κ3) is 5.91. The van der Waals surface area contributed by atoms with E-state index >= 15 is 0 Å². The van der Waals surface area contributed by atoms with Gasteiger partial charge in [-0.2, -0.15) is 5.10 Å². The van der Waals surface area contributed by atoms with Gasteiger partial charge in [-0.25, -0.2) is 0 Å². The predicted octanol–water partition coefficient (Wildman–Crippen LogP) is 3.08. The number of hydrogen-bond donors (Lipinski definition) is 1. The molecular weight excluding hydrogens is 296 g/mol. The molecule has 2 aliphatic rings. The van der Waals surface area contributed by atoms with E-state index in [2.05, 4.69) is 44.6 Å². The fourth-order valence-corrected chi connectivity index (χ4v) is 3.53. The highest BCUT2D eigenvalue weighted by atomic mass is 15.4. The van der Waals surface area contributed by atoms with Gasteiger partial charge < -0.3 is 10.2 Å². The third-order valence-corrected chi connectivity index (χ3v) is 5.04. The van der Waals surface area contributed by atoms with Crippen LogP contribution in [0.5, 0.6) is 0 Å². The van der Waals surface area contributed by atoms with Crippen LogP contribution in [0.25, 0.3) is 0 Å². The van der Waals surface area contributed by atoms with Crippen molar-refractivity contribution in [2.24, 2.45) is 5.10 Å². The summed E-state index contributed by atoms with van der Waals surface area (Å²) in [4.78, 5) is 2.58. The van der Waals surface area contributed by atoms with Gasteiger partial charge in [0.25, 0.3) is 0 Å². The summed E-state index contributed by atoms with van der Waals surface area (Å²) in [5.74, 6) is 0. The molecule has 1 aromatic rings. The van der Waals surface area contributed by atoms with E-state index in [1.807, 2.05) is 6.21 Å². The van der Waals surface area contributed by atoms with Crippen LogP contribution in [0.15, 0.2) is 29.4 Å². The van der Waals surface area contributed by atoms with Crippen LogP contribution in [0.3, 0.4) is 0 Å². The molecule has 0 unspecified atom stereocenters. The molecule has 2 saturated heterocycles. The Morgan fingerprint density at radius 2 is 1.62 bits per heavy atom. The standard InChI is InChI=1S/C20H32N4/c1-2-15-24(16-3-1)22-18-20-9-7-19(8-10-20)17-21-11-6-14-23-12-4-5-13-23/h7-10,18,21H,1-6,11-17H2/b22-18+. The molecular formula is C20H32N4.